The number of ether oxygens (including phenoxy) is 1. The Morgan fingerprint density at radius 2 is 1.74 bits per heavy atom. The molecule has 0 saturated carbocycles. The predicted octanol–water partition coefficient (Wildman–Crippen LogP) is 3.52. The molecule has 2 rings (SSSR count). The van der Waals surface area contributed by atoms with E-state index < -0.39 is 0 Å². The van der Waals surface area contributed by atoms with E-state index in [9.17, 15) is 0 Å². The molecule has 0 bridgehead atoms. The van der Waals surface area contributed by atoms with Gasteiger partial charge in [-0.3, -0.25) is 0 Å². The van der Waals surface area contributed by atoms with Crippen molar-refractivity contribution in [2.75, 3.05) is 18.5 Å². The molecule has 1 atom stereocenters. The molecule has 100 valence electrons. The van der Waals surface area contributed by atoms with Crippen LogP contribution in [0.3, 0.4) is 0 Å². The van der Waals surface area contributed by atoms with E-state index in [2.05, 4.69) is 5.32 Å². The fourth-order valence-corrected chi connectivity index (χ4v) is 1.67. The Bertz CT molecular complexity index is 499. The summed E-state index contributed by atoms with van der Waals surface area (Å²) in [5.41, 5.74) is 0.937. The molecule has 0 aliphatic carbocycles. The predicted molar refractivity (Wildman–Crippen MR) is 77.7 cm³/mol. The minimum atomic E-state index is 0.175. The molecule has 0 fully saturated rings. The van der Waals surface area contributed by atoms with Crippen LogP contribution in [0.5, 0.6) is 11.5 Å². The molecule has 19 heavy (non-hydrogen) atoms. The van der Waals surface area contributed by atoms with Gasteiger partial charge >= 0.3 is 0 Å². The van der Waals surface area contributed by atoms with Gasteiger partial charge in [0.05, 0.1) is 5.69 Å². The SMILES string of the molecule is CC(CO)CNc1ccccc1Oc1ccccc1. The van der Waals surface area contributed by atoms with Crippen molar-refractivity contribution in [2.24, 2.45) is 5.92 Å². The number of hydrogen-bond donors (Lipinski definition) is 2. The lowest BCUT2D eigenvalue weighted by molar-refractivity contribution is 0.244. The third kappa shape index (κ3) is 4.00. The first-order valence-electron chi connectivity index (χ1n) is 6.46. The van der Waals surface area contributed by atoms with Gasteiger partial charge in [-0.05, 0) is 30.2 Å². The van der Waals surface area contributed by atoms with Gasteiger partial charge in [0.25, 0.3) is 0 Å². The number of aliphatic hydroxyl groups excluding tert-OH is 1. The average Bonchev–Trinajstić information content (AvgIpc) is 2.47. The molecular weight excluding hydrogens is 238 g/mol. The zero-order valence-electron chi connectivity index (χ0n) is 11.0. The molecule has 2 N–H and O–H groups in total. The summed E-state index contributed by atoms with van der Waals surface area (Å²) in [6.07, 6.45) is 0. The van der Waals surface area contributed by atoms with Crippen LogP contribution in [0.1, 0.15) is 6.92 Å². The van der Waals surface area contributed by atoms with Gasteiger partial charge < -0.3 is 15.2 Å². The van der Waals surface area contributed by atoms with Crippen LogP contribution in [0.15, 0.2) is 54.6 Å². The fourth-order valence-electron chi connectivity index (χ4n) is 1.67. The van der Waals surface area contributed by atoms with Crippen molar-refractivity contribution in [3.8, 4) is 11.5 Å². The first kappa shape index (κ1) is 13.4. The van der Waals surface area contributed by atoms with Gasteiger partial charge in [-0.1, -0.05) is 37.3 Å². The summed E-state index contributed by atoms with van der Waals surface area (Å²) in [4.78, 5) is 0. The Morgan fingerprint density at radius 3 is 2.47 bits per heavy atom. The number of nitrogens with one attached hydrogen (secondary N) is 1. The minimum absolute atomic E-state index is 0.175. The number of benzene rings is 2. The van der Waals surface area contributed by atoms with Gasteiger partial charge in [0.1, 0.15) is 5.75 Å². The molecule has 1 unspecified atom stereocenters. The van der Waals surface area contributed by atoms with E-state index >= 15 is 0 Å². The third-order valence-electron chi connectivity index (χ3n) is 2.81. The lowest BCUT2D eigenvalue weighted by Crippen LogP contribution is -2.14. The highest BCUT2D eigenvalue weighted by atomic mass is 16.5. The monoisotopic (exact) mass is 257 g/mol. The second-order valence-electron chi connectivity index (χ2n) is 4.58. The van der Waals surface area contributed by atoms with Gasteiger partial charge in [0.15, 0.2) is 5.75 Å². The quantitative estimate of drug-likeness (QED) is 0.832. The van der Waals surface area contributed by atoms with Crippen molar-refractivity contribution >= 4 is 5.69 Å². The van der Waals surface area contributed by atoms with E-state index in [0.29, 0.717) is 6.54 Å². The maximum Gasteiger partial charge on any atom is 0.150 e. The van der Waals surface area contributed by atoms with Gasteiger partial charge in [-0.2, -0.15) is 0 Å². The van der Waals surface area contributed by atoms with Gasteiger partial charge in [0, 0.05) is 13.2 Å². The zero-order chi connectivity index (χ0) is 13.5. The molecule has 0 aromatic heterocycles. The third-order valence-corrected chi connectivity index (χ3v) is 2.81. The number of hydrogen-bond acceptors (Lipinski definition) is 3. The highest BCUT2D eigenvalue weighted by Gasteiger charge is 2.05. The van der Waals surface area contributed by atoms with Crippen LogP contribution in [0.2, 0.25) is 0 Å². The number of para-hydroxylation sites is 3. The minimum Gasteiger partial charge on any atom is -0.455 e. The summed E-state index contributed by atoms with van der Waals surface area (Å²) in [5.74, 6) is 1.82. The lowest BCUT2D eigenvalue weighted by Gasteiger charge is -2.15. The summed E-state index contributed by atoms with van der Waals surface area (Å²) in [6.45, 7) is 2.88. The first-order valence-corrected chi connectivity index (χ1v) is 6.46. The highest BCUT2D eigenvalue weighted by Crippen LogP contribution is 2.29. The summed E-state index contributed by atoms with van der Waals surface area (Å²) in [5, 5.41) is 12.3. The fraction of sp³-hybridized carbons (Fsp3) is 0.250. The number of anilines is 1. The van der Waals surface area contributed by atoms with Crippen molar-refractivity contribution in [3.63, 3.8) is 0 Å². The topological polar surface area (TPSA) is 41.5 Å². The normalized spacial score (nSPS) is 11.9. The molecule has 0 aliphatic heterocycles. The molecule has 0 heterocycles. The van der Waals surface area contributed by atoms with E-state index in [1.807, 2.05) is 61.5 Å². The van der Waals surface area contributed by atoms with E-state index in [1.165, 1.54) is 0 Å². The van der Waals surface area contributed by atoms with E-state index in [1.54, 1.807) is 0 Å². The number of aliphatic hydroxyl groups is 1. The van der Waals surface area contributed by atoms with Crippen molar-refractivity contribution in [1.82, 2.24) is 0 Å². The summed E-state index contributed by atoms with van der Waals surface area (Å²) >= 11 is 0. The summed E-state index contributed by atoms with van der Waals surface area (Å²) < 4.78 is 5.85. The van der Waals surface area contributed by atoms with Crippen LogP contribution >= 0.6 is 0 Å². The van der Waals surface area contributed by atoms with Gasteiger partial charge in [-0.25, -0.2) is 0 Å². The molecule has 3 nitrogen and oxygen atoms in total. The van der Waals surface area contributed by atoms with Crippen LogP contribution in [-0.2, 0) is 0 Å². The van der Waals surface area contributed by atoms with Gasteiger partial charge in [0.2, 0.25) is 0 Å². The van der Waals surface area contributed by atoms with Crippen LogP contribution in [-0.4, -0.2) is 18.3 Å². The Balaban J connectivity index is 2.08. The van der Waals surface area contributed by atoms with Crippen LogP contribution in [0.25, 0.3) is 0 Å². The van der Waals surface area contributed by atoms with Crippen LogP contribution in [0.4, 0.5) is 5.69 Å². The Hall–Kier alpha value is -2.00. The van der Waals surface area contributed by atoms with Crippen molar-refractivity contribution in [1.29, 1.82) is 0 Å². The summed E-state index contributed by atoms with van der Waals surface area (Å²) in [6, 6.07) is 17.5. The molecule has 0 saturated heterocycles. The van der Waals surface area contributed by atoms with E-state index in [0.717, 1.165) is 17.2 Å². The van der Waals surface area contributed by atoms with Crippen molar-refractivity contribution in [2.45, 2.75) is 6.92 Å². The molecule has 0 amide bonds. The second-order valence-corrected chi connectivity index (χ2v) is 4.58. The highest BCUT2D eigenvalue weighted by molar-refractivity contribution is 5.57. The number of rotatable bonds is 6. The molecule has 2 aromatic rings. The van der Waals surface area contributed by atoms with E-state index in [-0.39, 0.29) is 12.5 Å². The van der Waals surface area contributed by atoms with Crippen LogP contribution < -0.4 is 10.1 Å². The molecule has 3 heteroatoms. The summed E-state index contributed by atoms with van der Waals surface area (Å²) in [7, 11) is 0. The Morgan fingerprint density at radius 1 is 1.05 bits per heavy atom. The largest absolute Gasteiger partial charge is 0.455 e. The first-order chi connectivity index (χ1) is 9.29. The molecular formula is C16H19NO2. The molecule has 2 aromatic carbocycles. The van der Waals surface area contributed by atoms with Crippen molar-refractivity contribution in [3.05, 3.63) is 54.6 Å². The zero-order valence-corrected chi connectivity index (χ0v) is 11.0. The molecule has 0 radical (unpaired) electrons. The molecule has 0 aliphatic rings. The van der Waals surface area contributed by atoms with Crippen molar-refractivity contribution < 1.29 is 9.84 Å². The van der Waals surface area contributed by atoms with Gasteiger partial charge in [-0.15, -0.1) is 0 Å². The average molecular weight is 257 g/mol. The Labute approximate surface area is 113 Å². The van der Waals surface area contributed by atoms with Crippen LogP contribution in [0, 0.1) is 5.92 Å². The maximum atomic E-state index is 9.05. The standard InChI is InChI=1S/C16H19NO2/c1-13(12-18)11-17-15-9-5-6-10-16(15)19-14-7-3-2-4-8-14/h2-10,13,17-18H,11-12H2,1H3. The smallest absolute Gasteiger partial charge is 0.150 e. The maximum absolute atomic E-state index is 9.05. The molecule has 0 spiro atoms. The van der Waals surface area contributed by atoms with E-state index in [4.69, 9.17) is 9.84 Å². The Kier molecular flexibility index (Phi) is 4.81. The lowest BCUT2D eigenvalue weighted by atomic mass is 10.2. The second kappa shape index (κ2) is 6.81.